The molecule has 2 aromatic rings. The molecule has 0 bridgehead atoms. The van der Waals surface area contributed by atoms with E-state index in [1.165, 1.54) is 12.8 Å². The van der Waals surface area contributed by atoms with Crippen molar-refractivity contribution in [3.8, 4) is 0 Å². The van der Waals surface area contributed by atoms with Crippen LogP contribution in [0, 0.1) is 0 Å². The molecule has 0 aliphatic carbocycles. The molecule has 0 N–H and O–H groups in total. The third-order valence-corrected chi connectivity index (χ3v) is 6.46. The average molecular weight is 420 g/mol. The van der Waals surface area contributed by atoms with Gasteiger partial charge in [-0.05, 0) is 31.9 Å². The number of alkyl halides is 2. The molecule has 4 rings (SSSR count). The standard InChI is InChI=1S/C22H31F2N5O/c1-17(21-25-18-8-4-5-9-19(18)29(21)22(23)24)27-14-12-26(13-15-27)16-20(30)28-10-6-2-3-7-11-28/h4-5,8-9,17,22H,2-3,6-7,10-16H2,1H3/t17-/m0/s1. The number of benzene rings is 1. The van der Waals surface area contributed by atoms with E-state index in [4.69, 9.17) is 0 Å². The Labute approximate surface area is 176 Å². The summed E-state index contributed by atoms with van der Waals surface area (Å²) in [6, 6.07) is 6.83. The molecule has 2 saturated heterocycles. The van der Waals surface area contributed by atoms with Crippen LogP contribution in [0.5, 0.6) is 0 Å². The molecule has 0 radical (unpaired) electrons. The highest BCUT2D eigenvalue weighted by molar-refractivity contribution is 5.78. The Morgan fingerprint density at radius 2 is 1.67 bits per heavy atom. The maximum Gasteiger partial charge on any atom is 0.320 e. The topological polar surface area (TPSA) is 44.6 Å². The monoisotopic (exact) mass is 419 g/mol. The van der Waals surface area contributed by atoms with E-state index in [2.05, 4.69) is 14.8 Å². The van der Waals surface area contributed by atoms with E-state index in [0.717, 1.165) is 56.7 Å². The largest absolute Gasteiger partial charge is 0.342 e. The van der Waals surface area contributed by atoms with Gasteiger partial charge in [-0.3, -0.25) is 19.2 Å². The minimum absolute atomic E-state index is 0.213. The number of hydrogen-bond donors (Lipinski definition) is 0. The first-order valence-corrected chi connectivity index (χ1v) is 11.0. The van der Waals surface area contributed by atoms with Gasteiger partial charge in [0.1, 0.15) is 5.82 Å². The summed E-state index contributed by atoms with van der Waals surface area (Å²) in [4.78, 5) is 23.5. The molecule has 6 nitrogen and oxygen atoms in total. The number of hydrogen-bond acceptors (Lipinski definition) is 4. The number of likely N-dealkylation sites (tertiary alicyclic amines) is 1. The van der Waals surface area contributed by atoms with E-state index in [9.17, 15) is 13.6 Å². The molecule has 0 saturated carbocycles. The molecular formula is C22H31F2N5O. The average Bonchev–Trinajstić information content (AvgIpc) is 2.92. The van der Waals surface area contributed by atoms with Crippen LogP contribution in [0.1, 0.15) is 51.0 Å². The molecule has 1 amide bonds. The number of nitrogens with zero attached hydrogens (tertiary/aromatic N) is 5. The molecule has 0 spiro atoms. The fourth-order valence-corrected chi connectivity index (χ4v) is 4.65. The van der Waals surface area contributed by atoms with Gasteiger partial charge in [0, 0.05) is 39.3 Å². The van der Waals surface area contributed by atoms with Crippen molar-refractivity contribution >= 4 is 16.9 Å². The van der Waals surface area contributed by atoms with Crippen molar-refractivity contribution in [3.05, 3.63) is 30.1 Å². The highest BCUT2D eigenvalue weighted by atomic mass is 19.3. The molecule has 0 unspecified atom stereocenters. The van der Waals surface area contributed by atoms with Gasteiger partial charge in [0.15, 0.2) is 0 Å². The third kappa shape index (κ3) is 4.49. The second kappa shape index (κ2) is 9.39. The fraction of sp³-hybridized carbons (Fsp3) is 0.636. The zero-order valence-electron chi connectivity index (χ0n) is 17.6. The van der Waals surface area contributed by atoms with Gasteiger partial charge in [0.2, 0.25) is 5.91 Å². The first-order chi connectivity index (χ1) is 14.5. The lowest BCUT2D eigenvalue weighted by molar-refractivity contribution is -0.132. The van der Waals surface area contributed by atoms with Crippen molar-refractivity contribution in [2.75, 3.05) is 45.8 Å². The molecule has 2 aliphatic heterocycles. The van der Waals surface area contributed by atoms with Crippen LogP contribution in [0.15, 0.2) is 24.3 Å². The van der Waals surface area contributed by atoms with Crippen LogP contribution in [0.25, 0.3) is 11.0 Å². The second-order valence-corrected chi connectivity index (χ2v) is 8.39. The van der Waals surface area contributed by atoms with E-state index in [1.54, 1.807) is 18.2 Å². The van der Waals surface area contributed by atoms with Crippen LogP contribution in [0.3, 0.4) is 0 Å². The zero-order valence-corrected chi connectivity index (χ0v) is 17.6. The molecule has 2 aliphatic rings. The minimum atomic E-state index is -2.62. The van der Waals surface area contributed by atoms with Gasteiger partial charge < -0.3 is 4.90 Å². The summed E-state index contributed by atoms with van der Waals surface area (Å²) >= 11 is 0. The predicted molar refractivity (Wildman–Crippen MR) is 112 cm³/mol. The van der Waals surface area contributed by atoms with Crippen molar-refractivity contribution in [2.45, 2.75) is 45.2 Å². The summed E-state index contributed by atoms with van der Waals surface area (Å²) in [5.41, 5.74) is 1.07. The Kier molecular flexibility index (Phi) is 6.63. The highest BCUT2D eigenvalue weighted by Crippen LogP contribution is 2.29. The Hall–Kier alpha value is -2.06. The lowest BCUT2D eigenvalue weighted by Gasteiger charge is -2.38. The SMILES string of the molecule is C[C@@H](c1nc2ccccc2n1C(F)F)N1CCN(CC(=O)N2CCCCCC2)CC1. The predicted octanol–water partition coefficient (Wildman–Crippen LogP) is 3.51. The molecule has 1 aromatic heterocycles. The Balaban J connectivity index is 1.38. The summed E-state index contributed by atoms with van der Waals surface area (Å²) in [6.07, 6.45) is 4.62. The maximum atomic E-state index is 13.8. The molecule has 3 heterocycles. The van der Waals surface area contributed by atoms with Gasteiger partial charge in [0.25, 0.3) is 0 Å². The number of amides is 1. The van der Waals surface area contributed by atoms with Gasteiger partial charge in [-0.15, -0.1) is 0 Å². The van der Waals surface area contributed by atoms with Gasteiger partial charge in [-0.25, -0.2) is 4.98 Å². The summed E-state index contributed by atoms with van der Waals surface area (Å²) in [7, 11) is 0. The van der Waals surface area contributed by atoms with Gasteiger partial charge in [-0.2, -0.15) is 8.78 Å². The number of imidazole rings is 1. The first kappa shape index (κ1) is 21.2. The number of aromatic nitrogens is 2. The summed E-state index contributed by atoms with van der Waals surface area (Å²) in [5.74, 6) is 0.623. The Morgan fingerprint density at radius 3 is 2.33 bits per heavy atom. The molecule has 8 heteroatoms. The molecular weight excluding hydrogens is 388 g/mol. The van der Waals surface area contributed by atoms with Crippen molar-refractivity contribution < 1.29 is 13.6 Å². The number of fused-ring (bicyclic) bond motifs is 1. The van der Waals surface area contributed by atoms with E-state index < -0.39 is 6.55 Å². The summed E-state index contributed by atoms with van der Waals surface area (Å²) in [5, 5.41) is 0. The van der Waals surface area contributed by atoms with Crippen molar-refractivity contribution in [1.82, 2.24) is 24.3 Å². The molecule has 2 fully saturated rings. The molecule has 164 valence electrons. The van der Waals surface area contributed by atoms with Gasteiger partial charge in [0.05, 0.1) is 23.6 Å². The Bertz CT molecular complexity index is 854. The summed E-state index contributed by atoms with van der Waals surface area (Å²) in [6.45, 7) is 4.52. The van der Waals surface area contributed by atoms with E-state index in [0.29, 0.717) is 23.4 Å². The zero-order chi connectivity index (χ0) is 21.1. The van der Waals surface area contributed by atoms with Crippen molar-refractivity contribution in [1.29, 1.82) is 0 Å². The quantitative estimate of drug-likeness (QED) is 0.744. The normalized spacial score (nSPS) is 20.6. The minimum Gasteiger partial charge on any atom is -0.342 e. The van der Waals surface area contributed by atoms with Crippen molar-refractivity contribution in [3.63, 3.8) is 0 Å². The van der Waals surface area contributed by atoms with Crippen LogP contribution in [0.4, 0.5) is 8.78 Å². The van der Waals surface area contributed by atoms with Crippen LogP contribution >= 0.6 is 0 Å². The first-order valence-electron chi connectivity index (χ1n) is 11.0. The third-order valence-electron chi connectivity index (χ3n) is 6.46. The molecule has 1 aromatic carbocycles. The molecule has 1 atom stereocenters. The van der Waals surface area contributed by atoms with Gasteiger partial charge >= 0.3 is 6.55 Å². The fourth-order valence-electron chi connectivity index (χ4n) is 4.65. The number of carbonyl (C=O) groups excluding carboxylic acids is 1. The van der Waals surface area contributed by atoms with Crippen LogP contribution in [0.2, 0.25) is 0 Å². The van der Waals surface area contributed by atoms with E-state index in [1.807, 2.05) is 17.9 Å². The number of halogens is 2. The van der Waals surface area contributed by atoms with Crippen molar-refractivity contribution in [2.24, 2.45) is 0 Å². The number of rotatable bonds is 5. The van der Waals surface area contributed by atoms with Crippen LogP contribution in [-0.4, -0.2) is 76.0 Å². The maximum absolute atomic E-state index is 13.8. The number of piperazine rings is 1. The lowest BCUT2D eigenvalue weighted by atomic mass is 10.2. The number of para-hydroxylation sites is 2. The van der Waals surface area contributed by atoms with E-state index >= 15 is 0 Å². The Morgan fingerprint density at radius 1 is 1.00 bits per heavy atom. The smallest absolute Gasteiger partial charge is 0.320 e. The van der Waals surface area contributed by atoms with Gasteiger partial charge in [-0.1, -0.05) is 25.0 Å². The highest BCUT2D eigenvalue weighted by Gasteiger charge is 2.29. The molecule has 30 heavy (non-hydrogen) atoms. The van der Waals surface area contributed by atoms with E-state index in [-0.39, 0.29) is 11.9 Å². The van der Waals surface area contributed by atoms with Crippen LogP contribution < -0.4 is 0 Å². The lowest BCUT2D eigenvalue weighted by Crippen LogP contribution is -2.50. The van der Waals surface area contributed by atoms with Crippen LogP contribution in [-0.2, 0) is 4.79 Å². The summed E-state index contributed by atoms with van der Waals surface area (Å²) < 4.78 is 28.6. The number of carbonyl (C=O) groups is 1. The second-order valence-electron chi connectivity index (χ2n) is 8.39.